The van der Waals surface area contributed by atoms with Crippen molar-refractivity contribution < 1.29 is 33.9 Å². The van der Waals surface area contributed by atoms with Crippen LogP contribution < -0.4 is 27.0 Å². The number of carbonyl (C=O) groups is 6. The molecule has 44 heavy (non-hydrogen) atoms. The number of benzene rings is 1. The van der Waals surface area contributed by atoms with Gasteiger partial charge in [0.1, 0.15) is 18.1 Å². The zero-order valence-electron chi connectivity index (χ0n) is 26.2. The van der Waals surface area contributed by atoms with Gasteiger partial charge in [0.05, 0.1) is 13.0 Å². The molecular formula is C32H51N5O7. The summed E-state index contributed by atoms with van der Waals surface area (Å²) in [5, 5.41) is 19.2. The van der Waals surface area contributed by atoms with Crippen molar-refractivity contribution in [1.82, 2.24) is 21.3 Å². The molecule has 0 saturated carbocycles. The molecule has 12 heteroatoms. The molecule has 0 aliphatic rings. The maximum absolute atomic E-state index is 12.8. The molecule has 0 bridgehead atoms. The van der Waals surface area contributed by atoms with Crippen molar-refractivity contribution >= 4 is 35.5 Å². The number of carboxylic acids is 1. The molecule has 0 fully saturated rings. The standard InChI is InChI=1S/C32H51N5O7/c1-3-4-5-6-7-8-9-10-11-12-16-19-28(39)34-22-29(40)35-23(2)30(41)36-25(21-27(33)38)31(42)37-26(32(43)44)20-24-17-14-13-15-18-24/h13-15,17-18,23,25-26H,3-12,16,19-22H2,1-2H3,(H2,33,38)(H,34,39)(H,35,40)(H,36,41)(H,37,42)(H,43,44)/t23-,25-,26-/m0/s1. The van der Waals surface area contributed by atoms with Crippen LogP contribution in [0.2, 0.25) is 0 Å². The number of hydrogen-bond acceptors (Lipinski definition) is 6. The van der Waals surface area contributed by atoms with Crippen molar-refractivity contribution in [1.29, 1.82) is 0 Å². The van der Waals surface area contributed by atoms with Crippen molar-refractivity contribution in [2.45, 2.75) is 122 Å². The maximum Gasteiger partial charge on any atom is 0.326 e. The molecule has 0 saturated heterocycles. The number of primary amides is 1. The fourth-order valence-electron chi connectivity index (χ4n) is 4.60. The fourth-order valence-corrected chi connectivity index (χ4v) is 4.60. The lowest BCUT2D eigenvalue weighted by atomic mass is 10.0. The molecule has 5 amide bonds. The number of carbonyl (C=O) groups excluding carboxylic acids is 5. The third kappa shape index (κ3) is 17.9. The van der Waals surface area contributed by atoms with Crippen molar-refractivity contribution in [3.8, 4) is 0 Å². The van der Waals surface area contributed by atoms with Gasteiger partial charge in [-0.25, -0.2) is 4.79 Å². The van der Waals surface area contributed by atoms with Crippen LogP contribution in [0, 0.1) is 0 Å². The summed E-state index contributed by atoms with van der Waals surface area (Å²) in [5.74, 6) is -4.75. The van der Waals surface area contributed by atoms with E-state index >= 15 is 0 Å². The number of nitrogens with two attached hydrogens (primary N) is 1. The quantitative estimate of drug-likeness (QED) is 0.0958. The van der Waals surface area contributed by atoms with E-state index in [0.717, 1.165) is 25.7 Å². The number of nitrogens with one attached hydrogen (secondary N) is 4. The first-order chi connectivity index (χ1) is 21.0. The van der Waals surface area contributed by atoms with E-state index in [1.807, 2.05) is 0 Å². The van der Waals surface area contributed by atoms with E-state index in [1.54, 1.807) is 30.3 Å². The van der Waals surface area contributed by atoms with E-state index in [1.165, 1.54) is 51.9 Å². The van der Waals surface area contributed by atoms with Gasteiger partial charge in [-0.2, -0.15) is 0 Å². The lowest BCUT2D eigenvalue weighted by molar-refractivity contribution is -0.142. The van der Waals surface area contributed by atoms with Crippen LogP contribution in [-0.4, -0.2) is 65.3 Å². The van der Waals surface area contributed by atoms with Crippen molar-refractivity contribution in [2.24, 2.45) is 5.73 Å². The van der Waals surface area contributed by atoms with E-state index in [2.05, 4.69) is 28.2 Å². The molecule has 246 valence electrons. The first-order valence-electron chi connectivity index (χ1n) is 15.7. The average Bonchev–Trinajstić information content (AvgIpc) is 2.98. The van der Waals surface area contributed by atoms with Gasteiger partial charge in [-0.1, -0.05) is 101 Å². The second-order valence-electron chi connectivity index (χ2n) is 11.2. The van der Waals surface area contributed by atoms with Gasteiger partial charge in [-0.3, -0.25) is 24.0 Å². The SMILES string of the molecule is CCCCCCCCCCCCCC(=O)NCC(=O)N[C@@H](C)C(=O)N[C@@H](CC(N)=O)C(=O)N[C@@H](Cc1ccccc1)C(=O)O. The number of hydrogen-bond donors (Lipinski definition) is 6. The Morgan fingerprint density at radius 2 is 1.27 bits per heavy atom. The van der Waals surface area contributed by atoms with Crippen molar-refractivity contribution in [3.63, 3.8) is 0 Å². The van der Waals surface area contributed by atoms with Gasteiger partial charge in [-0.05, 0) is 18.9 Å². The molecule has 12 nitrogen and oxygen atoms in total. The molecule has 0 heterocycles. The van der Waals surface area contributed by atoms with Gasteiger partial charge in [0.2, 0.25) is 29.5 Å². The fraction of sp³-hybridized carbons (Fsp3) is 0.625. The summed E-state index contributed by atoms with van der Waals surface area (Å²) in [6.07, 6.45) is 12.6. The summed E-state index contributed by atoms with van der Waals surface area (Å²) in [6.45, 7) is 3.26. The average molecular weight is 618 g/mol. The Hall–Kier alpha value is -3.96. The number of unbranched alkanes of at least 4 members (excludes halogenated alkanes) is 10. The molecular weight excluding hydrogens is 566 g/mol. The third-order valence-corrected chi connectivity index (χ3v) is 7.16. The van der Waals surface area contributed by atoms with Gasteiger partial charge >= 0.3 is 5.97 Å². The van der Waals surface area contributed by atoms with Gasteiger partial charge in [0.15, 0.2) is 0 Å². The Bertz CT molecular complexity index is 1050. The van der Waals surface area contributed by atoms with E-state index in [0.29, 0.717) is 12.0 Å². The van der Waals surface area contributed by atoms with E-state index in [4.69, 9.17) is 5.73 Å². The summed E-state index contributed by atoms with van der Waals surface area (Å²) in [6, 6.07) is 4.75. The molecule has 0 spiro atoms. The van der Waals surface area contributed by atoms with Gasteiger partial charge in [-0.15, -0.1) is 0 Å². The lowest BCUT2D eigenvalue weighted by Crippen LogP contribution is -2.56. The van der Waals surface area contributed by atoms with Crippen LogP contribution in [0.4, 0.5) is 0 Å². The molecule has 7 N–H and O–H groups in total. The van der Waals surface area contributed by atoms with Gasteiger partial charge in [0.25, 0.3) is 0 Å². The lowest BCUT2D eigenvalue weighted by Gasteiger charge is -2.22. The minimum atomic E-state index is -1.46. The number of amides is 5. The van der Waals surface area contributed by atoms with E-state index < -0.39 is 54.1 Å². The van der Waals surface area contributed by atoms with Crippen LogP contribution in [0.1, 0.15) is 103 Å². The van der Waals surface area contributed by atoms with E-state index in [9.17, 15) is 33.9 Å². The van der Waals surface area contributed by atoms with Gasteiger partial charge < -0.3 is 32.1 Å². The monoisotopic (exact) mass is 617 g/mol. The van der Waals surface area contributed by atoms with E-state index in [-0.39, 0.29) is 18.9 Å². The molecule has 0 aromatic heterocycles. The summed E-state index contributed by atoms with van der Waals surface area (Å²) >= 11 is 0. The number of rotatable bonds is 24. The summed E-state index contributed by atoms with van der Waals surface area (Å²) in [4.78, 5) is 73.2. The highest BCUT2D eigenvalue weighted by atomic mass is 16.4. The zero-order valence-corrected chi connectivity index (χ0v) is 26.2. The minimum Gasteiger partial charge on any atom is -0.480 e. The molecule has 0 aliphatic heterocycles. The Morgan fingerprint density at radius 1 is 0.727 bits per heavy atom. The highest BCUT2D eigenvalue weighted by molar-refractivity contribution is 5.96. The molecule has 0 unspecified atom stereocenters. The topological polar surface area (TPSA) is 197 Å². The second-order valence-corrected chi connectivity index (χ2v) is 11.2. The van der Waals surface area contributed by atoms with Crippen molar-refractivity contribution in [2.75, 3.05) is 6.54 Å². The predicted octanol–water partition coefficient (Wildman–Crippen LogP) is 2.48. The Labute approximate surface area is 260 Å². The Balaban J connectivity index is 2.40. The summed E-state index contributed by atoms with van der Waals surface area (Å²) < 4.78 is 0. The minimum absolute atomic E-state index is 0.0173. The van der Waals surface area contributed by atoms with Crippen LogP contribution in [0.15, 0.2) is 30.3 Å². The van der Waals surface area contributed by atoms with Crippen LogP contribution in [0.3, 0.4) is 0 Å². The predicted molar refractivity (Wildman–Crippen MR) is 167 cm³/mol. The second kappa shape index (κ2) is 22.6. The van der Waals surface area contributed by atoms with Crippen LogP contribution >= 0.6 is 0 Å². The summed E-state index contributed by atoms with van der Waals surface area (Å²) in [5.41, 5.74) is 5.90. The number of aliphatic carboxylic acids is 1. The third-order valence-electron chi connectivity index (χ3n) is 7.16. The van der Waals surface area contributed by atoms with Gasteiger partial charge in [0, 0.05) is 12.8 Å². The highest BCUT2D eigenvalue weighted by Gasteiger charge is 2.29. The molecule has 1 aromatic rings. The van der Waals surface area contributed by atoms with Crippen LogP contribution in [0.5, 0.6) is 0 Å². The first kappa shape index (κ1) is 38.1. The van der Waals surface area contributed by atoms with Crippen LogP contribution in [0.25, 0.3) is 0 Å². The maximum atomic E-state index is 12.8. The highest BCUT2D eigenvalue weighted by Crippen LogP contribution is 2.12. The molecule has 3 atom stereocenters. The smallest absolute Gasteiger partial charge is 0.326 e. The van der Waals surface area contributed by atoms with Crippen molar-refractivity contribution in [3.05, 3.63) is 35.9 Å². The largest absolute Gasteiger partial charge is 0.480 e. The zero-order chi connectivity index (χ0) is 32.7. The molecule has 1 aromatic carbocycles. The van der Waals surface area contributed by atoms with Crippen LogP contribution in [-0.2, 0) is 35.2 Å². The molecule has 1 rings (SSSR count). The first-order valence-corrected chi connectivity index (χ1v) is 15.7. The Kier molecular flexibility index (Phi) is 19.5. The molecule has 0 aliphatic carbocycles. The Morgan fingerprint density at radius 3 is 1.82 bits per heavy atom. The number of carboxylic acid groups (broad SMARTS) is 1. The molecule has 0 radical (unpaired) electrons. The summed E-state index contributed by atoms with van der Waals surface area (Å²) in [7, 11) is 0. The normalized spacial score (nSPS) is 12.8.